The summed E-state index contributed by atoms with van der Waals surface area (Å²) in [6.07, 6.45) is 1.78. The minimum atomic E-state index is -0.662. The van der Waals surface area contributed by atoms with Crippen molar-refractivity contribution in [2.24, 2.45) is 4.99 Å². The highest BCUT2D eigenvalue weighted by Crippen LogP contribution is 2.38. The summed E-state index contributed by atoms with van der Waals surface area (Å²) in [5.41, 5.74) is 4.06. The molecule has 0 spiro atoms. The summed E-state index contributed by atoms with van der Waals surface area (Å²) < 4.78 is 19.8. The van der Waals surface area contributed by atoms with E-state index in [0.717, 1.165) is 22.3 Å². The largest absolute Gasteiger partial charge is 0.493 e. The number of carbonyl (C=O) groups excluding carboxylic acids is 1. The minimum absolute atomic E-state index is 0.218. The number of aromatic nitrogens is 1. The molecule has 4 aromatic rings. The molecule has 0 amide bonds. The van der Waals surface area contributed by atoms with Crippen LogP contribution in [0.15, 0.2) is 86.2 Å². The van der Waals surface area contributed by atoms with E-state index in [0.29, 0.717) is 41.6 Å². The molecule has 42 heavy (non-hydrogen) atoms. The van der Waals surface area contributed by atoms with Gasteiger partial charge in [-0.3, -0.25) is 9.36 Å². The van der Waals surface area contributed by atoms with Gasteiger partial charge in [0.25, 0.3) is 5.56 Å². The number of allylic oxidation sites excluding steroid dienone is 1. The first-order valence-corrected chi connectivity index (χ1v) is 15.2. The van der Waals surface area contributed by atoms with Crippen molar-refractivity contribution < 1.29 is 19.0 Å². The maximum absolute atomic E-state index is 13.9. The number of ether oxygens (including phenoxy) is 3. The van der Waals surface area contributed by atoms with Crippen molar-refractivity contribution in [1.82, 2.24) is 4.57 Å². The van der Waals surface area contributed by atoms with Crippen LogP contribution in [0.3, 0.4) is 0 Å². The predicted octanol–water partition coefficient (Wildman–Crippen LogP) is 6.11. The third kappa shape index (κ3) is 5.95. The Morgan fingerprint density at radius 1 is 1.14 bits per heavy atom. The van der Waals surface area contributed by atoms with E-state index in [4.69, 9.17) is 25.8 Å². The van der Waals surface area contributed by atoms with Crippen LogP contribution in [0.5, 0.6) is 11.5 Å². The van der Waals surface area contributed by atoms with Crippen LogP contribution in [-0.2, 0) is 16.1 Å². The van der Waals surface area contributed by atoms with Gasteiger partial charge in [-0.25, -0.2) is 9.79 Å². The number of hydrogen-bond acceptors (Lipinski definition) is 7. The standard InChI is InChI=1S/C32H28BrClN2O5S/c1-5-40-31(38)27-19(3)35-32-36(28(27)21-12-10-18(2)11-13-21)30(37)26(42-32)16-20-14-23(33)29(25(15-20)39-4)41-17-22-8-6-7-9-24(22)34/h6-16,28H,5,17H2,1-4H3/b26-16-/t28-/m0/s1. The molecule has 1 aromatic heterocycles. The molecule has 0 saturated heterocycles. The van der Waals surface area contributed by atoms with Crippen molar-refractivity contribution in [2.45, 2.75) is 33.4 Å². The first kappa shape index (κ1) is 29.8. The van der Waals surface area contributed by atoms with E-state index in [1.54, 1.807) is 37.7 Å². The molecule has 5 rings (SSSR count). The number of hydrogen-bond donors (Lipinski definition) is 0. The molecule has 0 N–H and O–H groups in total. The van der Waals surface area contributed by atoms with Gasteiger partial charge < -0.3 is 14.2 Å². The van der Waals surface area contributed by atoms with E-state index in [2.05, 4.69) is 20.9 Å². The lowest BCUT2D eigenvalue weighted by atomic mass is 9.95. The van der Waals surface area contributed by atoms with Gasteiger partial charge in [0, 0.05) is 10.6 Å². The zero-order valence-electron chi connectivity index (χ0n) is 23.4. The Bertz CT molecular complexity index is 1880. The Kier molecular flexibility index (Phi) is 9.01. The molecule has 0 bridgehead atoms. The van der Waals surface area contributed by atoms with Gasteiger partial charge in [0.05, 0.1) is 40.0 Å². The molecule has 1 atom stereocenters. The summed E-state index contributed by atoms with van der Waals surface area (Å²) in [7, 11) is 1.56. The van der Waals surface area contributed by atoms with Crippen molar-refractivity contribution in [3.63, 3.8) is 0 Å². The zero-order chi connectivity index (χ0) is 30.0. The third-order valence-corrected chi connectivity index (χ3v) is 8.73. The van der Waals surface area contributed by atoms with E-state index in [9.17, 15) is 9.59 Å². The average molecular weight is 668 g/mol. The first-order chi connectivity index (χ1) is 20.2. The quantitative estimate of drug-likeness (QED) is 0.212. The van der Waals surface area contributed by atoms with Gasteiger partial charge in [0.2, 0.25) is 0 Å². The molecule has 10 heteroatoms. The molecule has 216 valence electrons. The number of esters is 1. The lowest BCUT2D eigenvalue weighted by Crippen LogP contribution is -2.39. The first-order valence-electron chi connectivity index (χ1n) is 13.2. The number of carbonyl (C=O) groups is 1. The smallest absolute Gasteiger partial charge is 0.338 e. The fraction of sp³-hybridized carbons (Fsp3) is 0.219. The minimum Gasteiger partial charge on any atom is -0.493 e. The zero-order valence-corrected chi connectivity index (χ0v) is 26.6. The fourth-order valence-corrected chi connectivity index (χ4v) is 6.55. The molecule has 7 nitrogen and oxygen atoms in total. The normalized spacial score (nSPS) is 14.8. The van der Waals surface area contributed by atoms with E-state index in [1.807, 2.05) is 61.5 Å². The van der Waals surface area contributed by atoms with Crippen LogP contribution in [0.2, 0.25) is 5.02 Å². The lowest BCUT2D eigenvalue weighted by molar-refractivity contribution is -0.139. The van der Waals surface area contributed by atoms with Gasteiger partial charge in [-0.05, 0) is 72.1 Å². The van der Waals surface area contributed by atoms with Crippen LogP contribution in [0.25, 0.3) is 6.08 Å². The SMILES string of the molecule is CCOC(=O)C1=C(C)N=c2s/c(=C\c3cc(Br)c(OCc4ccccc4Cl)c(OC)c3)c(=O)n2[C@H]1c1ccc(C)cc1. The summed E-state index contributed by atoms with van der Waals surface area (Å²) in [4.78, 5) is 32.2. The van der Waals surface area contributed by atoms with Gasteiger partial charge in [-0.15, -0.1) is 0 Å². The van der Waals surface area contributed by atoms with Crippen molar-refractivity contribution >= 4 is 50.9 Å². The third-order valence-electron chi connectivity index (χ3n) is 6.79. The summed E-state index contributed by atoms with van der Waals surface area (Å²) in [5, 5.41) is 0.616. The van der Waals surface area contributed by atoms with Crippen LogP contribution >= 0.6 is 38.9 Å². The van der Waals surface area contributed by atoms with Crippen molar-refractivity contribution in [1.29, 1.82) is 0 Å². The van der Waals surface area contributed by atoms with E-state index in [-0.39, 0.29) is 18.8 Å². The molecule has 0 aliphatic carbocycles. The Balaban J connectivity index is 1.58. The number of halogens is 2. The molecule has 0 radical (unpaired) electrons. The average Bonchev–Trinajstić information content (AvgIpc) is 3.26. The summed E-state index contributed by atoms with van der Waals surface area (Å²) >= 11 is 11.1. The summed E-state index contributed by atoms with van der Waals surface area (Å²) in [5.74, 6) is 0.526. The second-order valence-corrected chi connectivity index (χ2v) is 11.9. The number of fused-ring (bicyclic) bond motifs is 1. The van der Waals surface area contributed by atoms with Gasteiger partial charge in [0.15, 0.2) is 16.3 Å². The second-order valence-electron chi connectivity index (χ2n) is 9.63. The van der Waals surface area contributed by atoms with Gasteiger partial charge >= 0.3 is 5.97 Å². The highest BCUT2D eigenvalue weighted by atomic mass is 79.9. The number of thiazole rings is 1. The van der Waals surface area contributed by atoms with Gasteiger partial charge in [-0.2, -0.15) is 0 Å². The molecule has 1 aliphatic heterocycles. The number of rotatable bonds is 8. The number of benzene rings is 3. The second kappa shape index (κ2) is 12.7. The van der Waals surface area contributed by atoms with Gasteiger partial charge in [-0.1, -0.05) is 71.0 Å². The summed E-state index contributed by atoms with van der Waals surface area (Å²) in [6.45, 7) is 5.99. The maximum atomic E-state index is 13.9. The fourth-order valence-electron chi connectivity index (χ4n) is 4.74. The monoisotopic (exact) mass is 666 g/mol. The highest BCUT2D eigenvalue weighted by molar-refractivity contribution is 9.10. The maximum Gasteiger partial charge on any atom is 0.338 e. The van der Waals surface area contributed by atoms with E-state index < -0.39 is 12.0 Å². The number of methoxy groups -OCH3 is 1. The van der Waals surface area contributed by atoms with Crippen molar-refractivity contribution in [3.05, 3.63) is 123 Å². The molecule has 0 saturated carbocycles. The molecular weight excluding hydrogens is 640 g/mol. The van der Waals surface area contributed by atoms with Crippen LogP contribution in [0.4, 0.5) is 0 Å². The topological polar surface area (TPSA) is 79.1 Å². The van der Waals surface area contributed by atoms with E-state index in [1.165, 1.54) is 11.3 Å². The number of nitrogens with zero attached hydrogens (tertiary/aromatic N) is 2. The lowest BCUT2D eigenvalue weighted by Gasteiger charge is -2.24. The van der Waals surface area contributed by atoms with Crippen molar-refractivity contribution in [3.8, 4) is 11.5 Å². The van der Waals surface area contributed by atoms with Crippen LogP contribution in [0.1, 0.15) is 42.1 Å². The Morgan fingerprint density at radius 3 is 2.57 bits per heavy atom. The molecule has 3 aromatic carbocycles. The summed E-state index contributed by atoms with van der Waals surface area (Å²) in [6, 6.07) is 18.3. The Morgan fingerprint density at radius 2 is 1.88 bits per heavy atom. The predicted molar refractivity (Wildman–Crippen MR) is 168 cm³/mol. The highest BCUT2D eigenvalue weighted by Gasteiger charge is 2.33. The van der Waals surface area contributed by atoms with Crippen LogP contribution in [0, 0.1) is 6.92 Å². The molecule has 0 fully saturated rings. The van der Waals surface area contributed by atoms with E-state index >= 15 is 0 Å². The van der Waals surface area contributed by atoms with Crippen LogP contribution < -0.4 is 24.4 Å². The Hall–Kier alpha value is -3.66. The Labute approximate surface area is 260 Å². The van der Waals surface area contributed by atoms with Crippen molar-refractivity contribution in [2.75, 3.05) is 13.7 Å². The van der Waals surface area contributed by atoms with Crippen LogP contribution in [-0.4, -0.2) is 24.3 Å². The molecular formula is C32H28BrClN2O5S. The molecule has 2 heterocycles. The molecule has 0 unspecified atom stereocenters. The number of aryl methyl sites for hydroxylation is 1. The van der Waals surface area contributed by atoms with Gasteiger partial charge in [0.1, 0.15) is 6.61 Å². The molecule has 1 aliphatic rings.